The monoisotopic (exact) mass is 412 g/mol. The van der Waals surface area contributed by atoms with Gasteiger partial charge in [-0.05, 0) is 20.7 Å². The molecule has 0 N–H and O–H groups in total. The SMILES string of the molecule is c1ccc([Si]2(c3ccccc3)OO[Si](c3ccccc3)(c3ccccc3)O2)cc1. The molecule has 4 aromatic carbocycles. The molecule has 3 nitrogen and oxygen atoms in total. The van der Waals surface area contributed by atoms with Crippen LogP contribution >= 0.6 is 0 Å². The molecule has 0 spiro atoms. The molecule has 1 heterocycles. The second-order valence-corrected chi connectivity index (χ2v) is 12.9. The smallest absolute Gasteiger partial charge is 0.398 e. The molecule has 0 unspecified atom stereocenters. The molecule has 5 heteroatoms. The second-order valence-electron chi connectivity index (χ2n) is 6.97. The van der Waals surface area contributed by atoms with Crippen LogP contribution in [0.2, 0.25) is 0 Å². The van der Waals surface area contributed by atoms with Gasteiger partial charge in [-0.2, -0.15) is 0 Å². The highest BCUT2D eigenvalue weighted by molar-refractivity contribution is 7.06. The molecule has 0 aliphatic carbocycles. The number of benzene rings is 4. The van der Waals surface area contributed by atoms with Crippen LogP contribution in [0.1, 0.15) is 0 Å². The van der Waals surface area contributed by atoms with Gasteiger partial charge in [-0.15, -0.1) is 0 Å². The van der Waals surface area contributed by atoms with Crippen molar-refractivity contribution in [3.05, 3.63) is 121 Å². The van der Waals surface area contributed by atoms with Crippen molar-refractivity contribution in [3.63, 3.8) is 0 Å². The maximum absolute atomic E-state index is 7.11. The summed E-state index contributed by atoms with van der Waals surface area (Å²) in [6.07, 6.45) is 0. The summed E-state index contributed by atoms with van der Waals surface area (Å²) in [6, 6.07) is 40.8. The zero-order valence-corrected chi connectivity index (χ0v) is 17.8. The van der Waals surface area contributed by atoms with Gasteiger partial charge in [0.25, 0.3) is 0 Å². The van der Waals surface area contributed by atoms with Crippen LogP contribution in [-0.2, 0) is 13.3 Å². The average molecular weight is 413 g/mol. The molecule has 1 aliphatic rings. The molecule has 0 radical (unpaired) electrons. The van der Waals surface area contributed by atoms with Gasteiger partial charge in [0.1, 0.15) is 0 Å². The van der Waals surface area contributed by atoms with Crippen molar-refractivity contribution in [1.82, 2.24) is 0 Å². The maximum Gasteiger partial charge on any atom is 0.430 e. The molecule has 4 aromatic rings. The van der Waals surface area contributed by atoms with Crippen LogP contribution in [0.15, 0.2) is 121 Å². The predicted octanol–water partition coefficient (Wildman–Crippen LogP) is 2.48. The molecular formula is C24H20O3Si2. The van der Waals surface area contributed by atoms with Crippen molar-refractivity contribution in [2.45, 2.75) is 0 Å². The van der Waals surface area contributed by atoms with Crippen LogP contribution in [0.3, 0.4) is 0 Å². The van der Waals surface area contributed by atoms with E-state index in [4.69, 9.17) is 13.3 Å². The van der Waals surface area contributed by atoms with E-state index in [2.05, 4.69) is 48.5 Å². The molecule has 0 aromatic heterocycles. The predicted molar refractivity (Wildman–Crippen MR) is 119 cm³/mol. The summed E-state index contributed by atoms with van der Waals surface area (Å²) in [5.41, 5.74) is 0. The Balaban J connectivity index is 1.72. The minimum atomic E-state index is -3.05. The van der Waals surface area contributed by atoms with Crippen LogP contribution in [0.5, 0.6) is 0 Å². The van der Waals surface area contributed by atoms with Gasteiger partial charge in [-0.25, -0.2) is 9.15 Å². The van der Waals surface area contributed by atoms with Crippen molar-refractivity contribution in [3.8, 4) is 0 Å². The van der Waals surface area contributed by atoms with E-state index in [1.165, 1.54) is 0 Å². The summed E-state index contributed by atoms with van der Waals surface area (Å²) in [4.78, 5) is 0. The fraction of sp³-hybridized carbons (Fsp3) is 0. The fourth-order valence-electron chi connectivity index (χ4n) is 3.75. The van der Waals surface area contributed by atoms with Crippen molar-refractivity contribution < 1.29 is 13.3 Å². The van der Waals surface area contributed by atoms with Gasteiger partial charge >= 0.3 is 17.1 Å². The van der Waals surface area contributed by atoms with E-state index in [9.17, 15) is 0 Å². The Bertz CT molecular complexity index is 906. The molecule has 0 bridgehead atoms. The third kappa shape index (κ3) is 3.09. The Morgan fingerprint density at radius 3 is 0.828 bits per heavy atom. The highest BCUT2D eigenvalue weighted by Crippen LogP contribution is 2.26. The Morgan fingerprint density at radius 1 is 0.345 bits per heavy atom. The van der Waals surface area contributed by atoms with E-state index in [1.54, 1.807) is 0 Å². The number of hydrogen-bond donors (Lipinski definition) is 0. The van der Waals surface area contributed by atoms with E-state index >= 15 is 0 Å². The molecule has 0 saturated carbocycles. The van der Waals surface area contributed by atoms with Gasteiger partial charge in [-0.1, -0.05) is 121 Å². The summed E-state index contributed by atoms with van der Waals surface area (Å²) in [5, 5.41) is 4.14. The van der Waals surface area contributed by atoms with Crippen molar-refractivity contribution in [2.24, 2.45) is 0 Å². The van der Waals surface area contributed by atoms with Crippen molar-refractivity contribution >= 4 is 37.9 Å². The van der Waals surface area contributed by atoms with Crippen molar-refractivity contribution in [2.75, 3.05) is 0 Å². The molecule has 0 amide bonds. The molecule has 1 aliphatic heterocycles. The number of hydrogen-bond acceptors (Lipinski definition) is 3. The first kappa shape index (κ1) is 18.2. The zero-order valence-electron chi connectivity index (χ0n) is 15.8. The Hall–Kier alpha value is -2.81. The van der Waals surface area contributed by atoms with E-state index < -0.39 is 17.1 Å². The van der Waals surface area contributed by atoms with Crippen LogP contribution < -0.4 is 20.7 Å². The highest BCUT2D eigenvalue weighted by Gasteiger charge is 2.62. The summed E-state index contributed by atoms with van der Waals surface area (Å²) in [7, 11) is -6.09. The largest absolute Gasteiger partial charge is 0.430 e. The average Bonchev–Trinajstić information content (AvgIpc) is 3.25. The van der Waals surface area contributed by atoms with Gasteiger partial charge in [0.05, 0.1) is 0 Å². The molecule has 29 heavy (non-hydrogen) atoms. The molecule has 142 valence electrons. The standard InChI is InChI=1S/C24H20O3Si2/c1-5-13-21(14-6-1)28(22-15-7-2-8-16-22)25-26-29(27-28,23-17-9-3-10-18-23)24-19-11-4-12-20-24/h1-20H. The lowest BCUT2D eigenvalue weighted by atomic mass is 10.4. The summed E-state index contributed by atoms with van der Waals surface area (Å²) in [5.74, 6) is 0. The molecule has 1 saturated heterocycles. The third-order valence-electron chi connectivity index (χ3n) is 5.18. The van der Waals surface area contributed by atoms with Crippen LogP contribution in [0, 0.1) is 0 Å². The lowest BCUT2D eigenvalue weighted by Gasteiger charge is -2.27. The van der Waals surface area contributed by atoms with Gasteiger partial charge in [0.15, 0.2) is 0 Å². The van der Waals surface area contributed by atoms with E-state index in [0.717, 1.165) is 20.7 Å². The summed E-state index contributed by atoms with van der Waals surface area (Å²) >= 11 is 0. The minimum absolute atomic E-state index is 1.03. The summed E-state index contributed by atoms with van der Waals surface area (Å²) in [6.45, 7) is 0. The van der Waals surface area contributed by atoms with Gasteiger partial charge in [0.2, 0.25) is 0 Å². The highest BCUT2D eigenvalue weighted by atomic mass is 28.5. The molecule has 1 fully saturated rings. The third-order valence-corrected chi connectivity index (χ3v) is 12.7. The Labute approximate surface area is 172 Å². The number of rotatable bonds is 4. The van der Waals surface area contributed by atoms with Gasteiger partial charge < -0.3 is 4.12 Å². The van der Waals surface area contributed by atoms with E-state index in [1.807, 2.05) is 72.8 Å². The van der Waals surface area contributed by atoms with E-state index in [0.29, 0.717) is 0 Å². The van der Waals surface area contributed by atoms with Crippen LogP contribution in [-0.4, -0.2) is 17.1 Å². The van der Waals surface area contributed by atoms with E-state index in [-0.39, 0.29) is 0 Å². The first-order chi connectivity index (χ1) is 14.3. The van der Waals surface area contributed by atoms with Gasteiger partial charge in [-0.3, -0.25) is 0 Å². The van der Waals surface area contributed by atoms with Crippen LogP contribution in [0.4, 0.5) is 0 Å². The Kier molecular flexibility index (Phi) is 4.75. The first-order valence-corrected chi connectivity index (χ1v) is 13.3. The van der Waals surface area contributed by atoms with Crippen molar-refractivity contribution in [1.29, 1.82) is 0 Å². The normalized spacial score (nSPS) is 17.1. The quantitative estimate of drug-likeness (QED) is 0.381. The molecule has 0 atom stereocenters. The summed E-state index contributed by atoms with van der Waals surface area (Å²) < 4.78 is 19.7. The van der Waals surface area contributed by atoms with Gasteiger partial charge in [0, 0.05) is 0 Å². The molecular weight excluding hydrogens is 392 g/mol. The fourth-order valence-corrected chi connectivity index (χ4v) is 12.0. The maximum atomic E-state index is 7.11. The second kappa shape index (κ2) is 7.55. The minimum Gasteiger partial charge on any atom is -0.398 e. The lowest BCUT2D eigenvalue weighted by molar-refractivity contribution is -0.103. The first-order valence-electron chi connectivity index (χ1n) is 9.63. The topological polar surface area (TPSA) is 27.7 Å². The Morgan fingerprint density at radius 2 is 0.586 bits per heavy atom. The zero-order chi connectivity index (χ0) is 19.6. The van der Waals surface area contributed by atoms with Crippen LogP contribution in [0.25, 0.3) is 0 Å². The molecule has 5 rings (SSSR count). The lowest BCUT2D eigenvalue weighted by Crippen LogP contribution is -2.67.